The first-order chi connectivity index (χ1) is 34.3. The third kappa shape index (κ3) is 15.6. The van der Waals surface area contributed by atoms with Crippen LogP contribution in [0, 0.1) is 52.1 Å². The van der Waals surface area contributed by atoms with E-state index in [-0.39, 0.29) is 10.8 Å². The van der Waals surface area contributed by atoms with Gasteiger partial charge in [0.05, 0.1) is 22.1 Å². The van der Waals surface area contributed by atoms with E-state index in [9.17, 15) is 13.2 Å². The molecule has 5 heterocycles. The molecule has 0 aliphatic heterocycles. The largest absolute Gasteiger partial charge is 0.350 e. The fraction of sp³-hybridized carbons (Fsp3) is 0.333. The topological polar surface area (TPSA) is 24.6 Å². The Bertz CT molecular complexity index is 3230. The first-order valence-electron chi connectivity index (χ1n) is 24.7. The van der Waals surface area contributed by atoms with Crippen molar-refractivity contribution in [3.8, 4) is 0 Å². The summed E-state index contributed by atoms with van der Waals surface area (Å²) in [5.74, 6) is -1.87. The molecule has 0 aliphatic carbocycles. The van der Waals surface area contributed by atoms with Crippen LogP contribution in [0.5, 0.6) is 0 Å². The summed E-state index contributed by atoms with van der Waals surface area (Å²) in [6.07, 6.45) is 9.72. The minimum Gasteiger partial charge on any atom is -0.350 e. The summed E-state index contributed by atoms with van der Waals surface area (Å²) in [6.45, 7) is 29.7. The van der Waals surface area contributed by atoms with Crippen LogP contribution in [-0.4, -0.2) is 22.8 Å². The van der Waals surface area contributed by atoms with Crippen molar-refractivity contribution in [2.24, 2.45) is 35.2 Å². The predicted octanol–water partition coefficient (Wildman–Crippen LogP) is 20.6. The second-order valence-corrected chi connectivity index (χ2v) is 17.2. The summed E-state index contributed by atoms with van der Waals surface area (Å²) < 4.78 is 49.4. The van der Waals surface area contributed by atoms with Gasteiger partial charge in [0, 0.05) is 108 Å². The predicted molar refractivity (Wildman–Crippen MR) is 315 cm³/mol. The number of aryl methyl sites for hydroxylation is 10. The van der Waals surface area contributed by atoms with Crippen LogP contribution in [0.1, 0.15) is 97.1 Å². The number of halogens is 7. The Kier molecular flexibility index (Phi) is 28.2. The quantitative estimate of drug-likeness (QED) is 0.145. The van der Waals surface area contributed by atoms with Gasteiger partial charge < -0.3 is 22.8 Å². The zero-order chi connectivity index (χ0) is 55.3. The van der Waals surface area contributed by atoms with Gasteiger partial charge in [0.2, 0.25) is 0 Å². The first kappa shape index (κ1) is 64.8. The maximum atomic E-state index is 13.4. The van der Waals surface area contributed by atoms with E-state index in [1.54, 1.807) is 36.7 Å². The zero-order valence-electron chi connectivity index (χ0n) is 46.3. The van der Waals surface area contributed by atoms with Crippen LogP contribution < -0.4 is 0 Å². The molecule has 0 fully saturated rings. The van der Waals surface area contributed by atoms with Crippen molar-refractivity contribution in [1.82, 2.24) is 22.8 Å². The Hall–Kier alpha value is -5.25. The van der Waals surface area contributed by atoms with Gasteiger partial charge in [-0.3, -0.25) is 0 Å². The normalized spacial score (nSPS) is 9.88. The average Bonchev–Trinajstić information content (AvgIpc) is 4.24. The molecular weight excluding hydrogens is 990 g/mol. The third-order valence-electron chi connectivity index (χ3n) is 11.0. The molecule has 0 N–H and O–H groups in total. The lowest BCUT2D eigenvalue weighted by molar-refractivity contribution is 0.516. The molecule has 0 saturated heterocycles. The number of benzene rings is 5. The second kappa shape index (κ2) is 31.4. The number of hydrogen-bond donors (Lipinski definition) is 0. The van der Waals surface area contributed by atoms with Gasteiger partial charge in [0.15, 0.2) is 11.6 Å². The van der Waals surface area contributed by atoms with E-state index in [1.807, 2.05) is 189 Å². The van der Waals surface area contributed by atoms with Crippen molar-refractivity contribution in [2.45, 2.75) is 104 Å². The van der Waals surface area contributed by atoms with E-state index in [4.69, 9.17) is 46.4 Å². The van der Waals surface area contributed by atoms with E-state index in [0.717, 1.165) is 48.0 Å². The molecule has 0 unspecified atom stereocenters. The highest BCUT2D eigenvalue weighted by Gasteiger charge is 2.13. The molecule has 5 nitrogen and oxygen atoms in total. The summed E-state index contributed by atoms with van der Waals surface area (Å²) in [5, 5.41) is 7.68. The van der Waals surface area contributed by atoms with Crippen molar-refractivity contribution >= 4 is 101 Å². The fourth-order valence-corrected chi connectivity index (χ4v) is 8.85. The van der Waals surface area contributed by atoms with Gasteiger partial charge in [-0.15, -0.1) is 0 Å². The summed E-state index contributed by atoms with van der Waals surface area (Å²) in [6, 6.07) is 24.7. The smallest absolute Gasteiger partial charge is 0.168 e. The van der Waals surface area contributed by atoms with Gasteiger partial charge in [-0.05, 0) is 135 Å². The molecule has 0 saturated carbocycles. The summed E-state index contributed by atoms with van der Waals surface area (Å²) in [7, 11) is 9.76. The third-order valence-corrected chi connectivity index (χ3v) is 12.3. The minimum absolute atomic E-state index is 0.211. The van der Waals surface area contributed by atoms with Crippen LogP contribution in [0.4, 0.5) is 13.2 Å². The average molecular weight is 1070 g/mol. The number of rotatable bonds is 0. The molecule has 0 aliphatic rings. The van der Waals surface area contributed by atoms with Crippen molar-refractivity contribution in [1.29, 1.82) is 0 Å². The fourth-order valence-electron chi connectivity index (χ4n) is 7.83. The van der Waals surface area contributed by atoms with Gasteiger partial charge in [-0.1, -0.05) is 128 Å². The lowest BCUT2D eigenvalue weighted by Crippen LogP contribution is -1.92. The molecule has 0 radical (unpaired) electrons. The Labute approximate surface area is 448 Å². The van der Waals surface area contributed by atoms with Crippen LogP contribution in [0.2, 0.25) is 20.1 Å². The highest BCUT2D eigenvalue weighted by atomic mass is 35.5. The van der Waals surface area contributed by atoms with E-state index in [1.165, 1.54) is 44.5 Å². The molecule has 5 aromatic carbocycles. The molecule has 0 spiro atoms. The SMILES string of the molecule is CC.CC.CC.CC.CC.Cc1c(Cl)ccc2ccn(C)c12.Cc1cc(Cl)cc2c1ccn2C.Cc1cc(F)c(F)c2ccn(C)c12.Cc1cc2ccn(C)c2c(Cl)c1F.Cc1ccc(Cl)c2ccn(C)c12. The van der Waals surface area contributed by atoms with Crippen LogP contribution >= 0.6 is 46.4 Å². The maximum absolute atomic E-state index is 13.4. The van der Waals surface area contributed by atoms with Gasteiger partial charge in [-0.2, -0.15) is 0 Å². The molecule has 392 valence electrons. The first-order valence-corrected chi connectivity index (χ1v) is 26.2. The molecule has 10 aromatic rings. The Morgan fingerprint density at radius 3 is 1.39 bits per heavy atom. The van der Waals surface area contributed by atoms with Crippen LogP contribution in [0.15, 0.2) is 110 Å². The standard InChI is InChI=1S/C10H9ClFN.3C10H10ClN.C10H9F2N.5C2H6/c1-6-5-7-3-4-13(2)10(7)8(11)9(6)12;1-7-5-8(11)6-10-9(7)3-4-12(10)2;1-7-9(11)4-3-8-5-6-12(2)10(7)8;1-7-3-4-9(11)8-5-6-12(2)10(7)8;1-6-5-8(11)9(12)7-3-4-13(2)10(6)7;5*1-2/h3-5H,1-2H3;3*3-6H,1-2H3;3-5H,1-2H3;5*1-2H3. The van der Waals surface area contributed by atoms with Crippen molar-refractivity contribution in [2.75, 3.05) is 0 Å². The van der Waals surface area contributed by atoms with Crippen molar-refractivity contribution < 1.29 is 13.2 Å². The molecule has 12 heteroatoms. The lowest BCUT2D eigenvalue weighted by atomic mass is 10.1. The van der Waals surface area contributed by atoms with Gasteiger partial charge in [-0.25, -0.2) is 13.2 Å². The van der Waals surface area contributed by atoms with Gasteiger partial charge in [0.25, 0.3) is 0 Å². The van der Waals surface area contributed by atoms with Crippen LogP contribution in [0.25, 0.3) is 54.5 Å². The van der Waals surface area contributed by atoms with E-state index in [2.05, 4.69) is 39.7 Å². The molecular formula is C60H78Cl4F3N5. The minimum atomic E-state index is -0.781. The summed E-state index contributed by atoms with van der Waals surface area (Å²) in [5.41, 5.74) is 10.1. The lowest BCUT2D eigenvalue weighted by Gasteiger charge is -2.03. The Balaban J connectivity index is 0.000000431. The zero-order valence-corrected chi connectivity index (χ0v) is 49.3. The molecule has 0 atom stereocenters. The number of fused-ring (bicyclic) bond motifs is 5. The Morgan fingerprint density at radius 1 is 0.361 bits per heavy atom. The molecule has 10 rings (SSSR count). The second-order valence-electron chi connectivity index (χ2n) is 15.5. The van der Waals surface area contributed by atoms with Gasteiger partial charge >= 0.3 is 0 Å². The van der Waals surface area contributed by atoms with E-state index < -0.39 is 11.6 Å². The molecule has 5 aromatic heterocycles. The highest BCUT2D eigenvalue weighted by Crippen LogP contribution is 2.30. The van der Waals surface area contributed by atoms with Crippen molar-refractivity contribution in [3.63, 3.8) is 0 Å². The van der Waals surface area contributed by atoms with Crippen LogP contribution in [0.3, 0.4) is 0 Å². The molecule has 0 bridgehead atoms. The summed E-state index contributed by atoms with van der Waals surface area (Å²) in [4.78, 5) is 0. The molecule has 0 amide bonds. The number of aromatic nitrogens is 5. The van der Waals surface area contributed by atoms with Gasteiger partial charge in [0.1, 0.15) is 10.8 Å². The Morgan fingerprint density at radius 2 is 0.819 bits per heavy atom. The number of nitrogens with zero attached hydrogens (tertiary/aromatic N) is 5. The monoisotopic (exact) mass is 1070 g/mol. The van der Waals surface area contributed by atoms with E-state index >= 15 is 0 Å². The van der Waals surface area contributed by atoms with E-state index in [0.29, 0.717) is 10.9 Å². The number of hydrogen-bond acceptors (Lipinski definition) is 0. The highest BCUT2D eigenvalue weighted by molar-refractivity contribution is 6.36. The van der Waals surface area contributed by atoms with Crippen molar-refractivity contribution in [3.05, 3.63) is 175 Å². The maximum Gasteiger partial charge on any atom is 0.168 e. The van der Waals surface area contributed by atoms with Crippen LogP contribution in [-0.2, 0) is 35.2 Å². The molecule has 72 heavy (non-hydrogen) atoms. The summed E-state index contributed by atoms with van der Waals surface area (Å²) >= 11 is 23.9.